The van der Waals surface area contributed by atoms with Gasteiger partial charge in [-0.15, -0.1) is 0 Å². The Morgan fingerprint density at radius 3 is 2.59 bits per heavy atom. The van der Waals surface area contributed by atoms with Gasteiger partial charge in [0, 0.05) is 45.2 Å². The van der Waals surface area contributed by atoms with Gasteiger partial charge in [-0.3, -0.25) is 9.69 Å². The Kier molecular flexibility index (Phi) is 5.40. The number of nitrogens with zero attached hydrogens (tertiary/aromatic N) is 2. The number of hydrogen-bond acceptors (Lipinski definition) is 3. The Hall–Kier alpha value is -0.610. The summed E-state index contributed by atoms with van der Waals surface area (Å²) in [6, 6.07) is 1.37. The molecule has 4 heteroatoms. The number of carbonyl (C=O) groups excluding carboxylic acids is 1. The first-order chi connectivity index (χ1) is 8.01. The molecule has 3 unspecified atom stereocenters. The van der Waals surface area contributed by atoms with E-state index in [1.807, 2.05) is 0 Å². The van der Waals surface area contributed by atoms with Gasteiger partial charge in [0.05, 0.1) is 0 Å². The fourth-order valence-corrected chi connectivity index (χ4v) is 2.86. The van der Waals surface area contributed by atoms with Gasteiger partial charge < -0.3 is 10.6 Å². The van der Waals surface area contributed by atoms with Crippen molar-refractivity contribution in [2.45, 2.75) is 57.7 Å². The van der Waals surface area contributed by atoms with Crippen LogP contribution in [0.5, 0.6) is 0 Å². The van der Waals surface area contributed by atoms with E-state index < -0.39 is 0 Å². The fraction of sp³-hybridized carbons (Fsp3) is 0.923. The van der Waals surface area contributed by atoms with Gasteiger partial charge in [-0.2, -0.15) is 0 Å². The molecule has 0 aromatic heterocycles. The molecule has 0 aromatic rings. The van der Waals surface area contributed by atoms with E-state index in [-0.39, 0.29) is 11.9 Å². The molecule has 0 aliphatic carbocycles. The molecule has 4 nitrogen and oxygen atoms in total. The third-order valence-electron chi connectivity index (χ3n) is 3.92. The minimum atomic E-state index is 0.175. The zero-order chi connectivity index (χ0) is 13.0. The number of nitrogens with two attached hydrogens (primary N) is 1. The Morgan fingerprint density at radius 2 is 2.12 bits per heavy atom. The molecule has 0 bridgehead atoms. The van der Waals surface area contributed by atoms with Crippen molar-refractivity contribution in [3.63, 3.8) is 0 Å². The van der Waals surface area contributed by atoms with Crippen LogP contribution in [0.15, 0.2) is 0 Å². The quantitative estimate of drug-likeness (QED) is 0.783. The van der Waals surface area contributed by atoms with Crippen LogP contribution in [0, 0.1) is 0 Å². The zero-order valence-electron chi connectivity index (χ0n) is 11.6. The molecule has 100 valence electrons. The largest absolute Gasteiger partial charge is 0.349 e. The van der Waals surface area contributed by atoms with Crippen molar-refractivity contribution < 1.29 is 4.79 Å². The van der Waals surface area contributed by atoms with Gasteiger partial charge in [0.2, 0.25) is 5.91 Å². The van der Waals surface area contributed by atoms with Crippen molar-refractivity contribution in [2.75, 3.05) is 20.6 Å². The number of hydrogen-bond donors (Lipinski definition) is 1. The molecule has 3 atom stereocenters. The minimum absolute atomic E-state index is 0.175. The van der Waals surface area contributed by atoms with Crippen LogP contribution in [0.4, 0.5) is 0 Å². The van der Waals surface area contributed by atoms with Crippen LogP contribution in [0.25, 0.3) is 0 Å². The second kappa shape index (κ2) is 6.36. The van der Waals surface area contributed by atoms with Gasteiger partial charge in [-0.05, 0) is 26.2 Å². The molecule has 0 spiro atoms. The lowest BCUT2D eigenvalue weighted by Gasteiger charge is -2.35. The highest BCUT2D eigenvalue weighted by molar-refractivity contribution is 5.76. The van der Waals surface area contributed by atoms with Gasteiger partial charge in [0.15, 0.2) is 0 Å². The summed E-state index contributed by atoms with van der Waals surface area (Å²) in [5.41, 5.74) is 5.87. The molecule has 1 fully saturated rings. The van der Waals surface area contributed by atoms with Crippen molar-refractivity contribution in [2.24, 2.45) is 5.73 Å². The highest BCUT2D eigenvalue weighted by Gasteiger charge is 2.35. The van der Waals surface area contributed by atoms with Gasteiger partial charge in [-0.25, -0.2) is 0 Å². The smallest absolute Gasteiger partial charge is 0.223 e. The normalized spacial score (nSPS) is 27.1. The summed E-state index contributed by atoms with van der Waals surface area (Å²) >= 11 is 0. The maximum atomic E-state index is 11.8. The van der Waals surface area contributed by atoms with Crippen LogP contribution in [0.2, 0.25) is 0 Å². The first-order valence-corrected chi connectivity index (χ1v) is 6.68. The maximum Gasteiger partial charge on any atom is 0.223 e. The average molecular weight is 241 g/mol. The van der Waals surface area contributed by atoms with Crippen molar-refractivity contribution in [1.29, 1.82) is 0 Å². The first-order valence-electron chi connectivity index (χ1n) is 6.68. The van der Waals surface area contributed by atoms with E-state index in [9.17, 15) is 4.79 Å². The summed E-state index contributed by atoms with van der Waals surface area (Å²) in [4.78, 5) is 15.9. The molecule has 1 rings (SSSR count). The lowest BCUT2D eigenvalue weighted by Crippen LogP contribution is -2.48. The van der Waals surface area contributed by atoms with Gasteiger partial charge in [0.25, 0.3) is 0 Å². The fourth-order valence-electron chi connectivity index (χ4n) is 2.86. The molecule has 0 saturated carbocycles. The standard InChI is InChI=1S/C13H27N3O/c1-5-11-7-6-10(2)16(11)12(9-14)8-13(17)15(3)4/h10-12H,5-9,14H2,1-4H3. The monoisotopic (exact) mass is 241 g/mol. The summed E-state index contributed by atoms with van der Waals surface area (Å²) in [7, 11) is 3.61. The van der Waals surface area contributed by atoms with Crippen LogP contribution < -0.4 is 5.73 Å². The summed E-state index contributed by atoms with van der Waals surface area (Å²) in [5.74, 6) is 0.175. The van der Waals surface area contributed by atoms with E-state index in [4.69, 9.17) is 5.73 Å². The van der Waals surface area contributed by atoms with Crippen LogP contribution >= 0.6 is 0 Å². The number of rotatable bonds is 5. The van der Waals surface area contributed by atoms with E-state index in [0.29, 0.717) is 25.0 Å². The number of carbonyl (C=O) groups is 1. The highest BCUT2D eigenvalue weighted by atomic mass is 16.2. The number of likely N-dealkylation sites (tertiary alicyclic amines) is 1. The lowest BCUT2D eigenvalue weighted by molar-refractivity contribution is -0.130. The molecule has 1 saturated heterocycles. The molecular formula is C13H27N3O. The minimum Gasteiger partial charge on any atom is -0.349 e. The van der Waals surface area contributed by atoms with Crippen LogP contribution in [-0.2, 0) is 4.79 Å². The molecule has 1 heterocycles. The van der Waals surface area contributed by atoms with Crippen LogP contribution in [-0.4, -0.2) is 54.5 Å². The predicted molar refractivity (Wildman–Crippen MR) is 70.8 cm³/mol. The predicted octanol–water partition coefficient (Wildman–Crippen LogP) is 1.05. The summed E-state index contributed by atoms with van der Waals surface area (Å²) < 4.78 is 0. The summed E-state index contributed by atoms with van der Waals surface area (Å²) in [6.45, 7) is 5.04. The molecule has 17 heavy (non-hydrogen) atoms. The maximum absolute atomic E-state index is 11.8. The summed E-state index contributed by atoms with van der Waals surface area (Å²) in [5, 5.41) is 0. The molecule has 1 aliphatic heterocycles. The van der Waals surface area contributed by atoms with Gasteiger partial charge >= 0.3 is 0 Å². The van der Waals surface area contributed by atoms with Crippen molar-refractivity contribution in [3.05, 3.63) is 0 Å². The van der Waals surface area contributed by atoms with Gasteiger partial charge in [-0.1, -0.05) is 6.92 Å². The van der Waals surface area contributed by atoms with Crippen LogP contribution in [0.1, 0.15) is 39.5 Å². The van der Waals surface area contributed by atoms with E-state index in [1.54, 1.807) is 19.0 Å². The molecular weight excluding hydrogens is 214 g/mol. The Morgan fingerprint density at radius 1 is 1.47 bits per heavy atom. The molecule has 0 radical (unpaired) electrons. The van der Waals surface area contributed by atoms with E-state index in [2.05, 4.69) is 18.7 Å². The molecule has 1 aliphatic rings. The van der Waals surface area contributed by atoms with Crippen LogP contribution in [0.3, 0.4) is 0 Å². The average Bonchev–Trinajstić information content (AvgIpc) is 2.67. The lowest BCUT2D eigenvalue weighted by atomic mass is 10.1. The second-order valence-electron chi connectivity index (χ2n) is 5.32. The van der Waals surface area contributed by atoms with Gasteiger partial charge in [0.1, 0.15) is 0 Å². The van der Waals surface area contributed by atoms with E-state index in [0.717, 1.165) is 6.42 Å². The summed E-state index contributed by atoms with van der Waals surface area (Å²) in [6.07, 6.45) is 4.16. The Balaban J connectivity index is 2.68. The van der Waals surface area contributed by atoms with Crippen molar-refractivity contribution in [1.82, 2.24) is 9.80 Å². The molecule has 0 aromatic carbocycles. The van der Waals surface area contributed by atoms with E-state index in [1.165, 1.54) is 12.8 Å². The Labute approximate surface area is 105 Å². The van der Waals surface area contributed by atoms with E-state index >= 15 is 0 Å². The van der Waals surface area contributed by atoms with Crippen molar-refractivity contribution >= 4 is 5.91 Å². The molecule has 2 N–H and O–H groups in total. The third kappa shape index (κ3) is 3.42. The molecule has 1 amide bonds. The highest BCUT2D eigenvalue weighted by Crippen LogP contribution is 2.29. The topological polar surface area (TPSA) is 49.6 Å². The zero-order valence-corrected chi connectivity index (χ0v) is 11.6. The SMILES string of the molecule is CCC1CCC(C)N1C(CN)CC(=O)N(C)C. The number of amides is 1. The van der Waals surface area contributed by atoms with Crippen molar-refractivity contribution in [3.8, 4) is 0 Å². The second-order valence-corrected chi connectivity index (χ2v) is 5.32. The Bertz CT molecular complexity index is 255. The third-order valence-corrected chi connectivity index (χ3v) is 3.92. The first kappa shape index (κ1) is 14.5.